The van der Waals surface area contributed by atoms with Gasteiger partial charge in [-0.25, -0.2) is 13.8 Å². The first-order chi connectivity index (χ1) is 21.2. The van der Waals surface area contributed by atoms with Crippen LogP contribution in [0.3, 0.4) is 0 Å². The number of aryl methyl sites for hydroxylation is 1. The molecule has 1 amide bonds. The third-order valence-corrected chi connectivity index (χ3v) is 10.3. The average molecular weight is 597 g/mol. The maximum atomic E-state index is 14.2. The lowest BCUT2D eigenvalue weighted by Gasteiger charge is -2.27. The van der Waals surface area contributed by atoms with Gasteiger partial charge in [0.2, 0.25) is 0 Å². The monoisotopic (exact) mass is 596 g/mol. The number of halogens is 2. The number of ether oxygens (including phenoxy) is 1. The van der Waals surface area contributed by atoms with E-state index in [2.05, 4.69) is 17.6 Å². The average Bonchev–Trinajstić information content (AvgIpc) is 3.42. The minimum atomic E-state index is -0.993. The Balaban J connectivity index is 1.24. The highest BCUT2D eigenvalue weighted by atomic mass is 19.1. The summed E-state index contributed by atoms with van der Waals surface area (Å²) < 4.78 is 38.5. The van der Waals surface area contributed by atoms with Crippen molar-refractivity contribution < 1.29 is 23.4 Å². The molecule has 1 N–H and O–H groups in total. The van der Waals surface area contributed by atoms with E-state index in [1.165, 1.54) is 6.42 Å². The molecular weight excluding hydrogens is 562 g/mol. The number of aromatic hydroxyl groups is 1. The Morgan fingerprint density at radius 1 is 1.02 bits per heavy atom. The van der Waals surface area contributed by atoms with Crippen LogP contribution in [0.25, 0.3) is 44.6 Å². The van der Waals surface area contributed by atoms with E-state index in [0.717, 1.165) is 72.4 Å². The number of carbonyl (C=O) groups excluding carboxylic acids is 1. The van der Waals surface area contributed by atoms with Crippen LogP contribution < -0.4 is 4.74 Å². The van der Waals surface area contributed by atoms with Crippen molar-refractivity contribution >= 4 is 27.8 Å². The number of phenols is 1. The highest BCUT2D eigenvalue weighted by Gasteiger charge is 2.46. The minimum Gasteiger partial charge on any atom is -0.503 e. The highest BCUT2D eigenvalue weighted by Crippen LogP contribution is 2.44. The van der Waals surface area contributed by atoms with Gasteiger partial charge in [-0.3, -0.25) is 4.79 Å². The van der Waals surface area contributed by atoms with E-state index >= 15 is 0 Å². The summed E-state index contributed by atoms with van der Waals surface area (Å²) >= 11 is 0. The number of methoxy groups -OCH3 is 1. The first kappa shape index (κ1) is 27.2. The molecule has 0 radical (unpaired) electrons. The molecule has 0 spiro atoms. The van der Waals surface area contributed by atoms with Crippen molar-refractivity contribution in [2.24, 2.45) is 24.8 Å². The summed E-state index contributed by atoms with van der Waals surface area (Å²) in [4.78, 5) is 20.9. The molecule has 8 rings (SSSR count). The molecule has 9 heteroatoms. The fourth-order valence-electron chi connectivity index (χ4n) is 7.63. The van der Waals surface area contributed by atoms with E-state index in [1.807, 2.05) is 46.8 Å². The molecular formula is C35H34F2N4O3. The zero-order valence-corrected chi connectivity index (χ0v) is 25.0. The lowest BCUT2D eigenvalue weighted by molar-refractivity contribution is 0.0696. The third-order valence-electron chi connectivity index (χ3n) is 10.3. The number of fused-ring (bicyclic) bond motifs is 4. The number of benzene rings is 3. The van der Waals surface area contributed by atoms with Gasteiger partial charge in [0.25, 0.3) is 5.91 Å². The Morgan fingerprint density at radius 2 is 1.80 bits per heavy atom. The van der Waals surface area contributed by atoms with Crippen LogP contribution in [0.15, 0.2) is 48.5 Å². The molecule has 44 heavy (non-hydrogen) atoms. The Hall–Kier alpha value is -4.40. The summed E-state index contributed by atoms with van der Waals surface area (Å²) in [6.07, 6.45) is 4.55. The first-order valence-corrected chi connectivity index (χ1v) is 15.4. The fourth-order valence-corrected chi connectivity index (χ4v) is 7.63. The number of likely N-dealkylation sites (tertiary alicyclic amines) is 1. The second-order valence-corrected chi connectivity index (χ2v) is 12.9. The van der Waals surface area contributed by atoms with E-state index in [1.54, 1.807) is 7.11 Å². The molecule has 2 aliphatic carbocycles. The van der Waals surface area contributed by atoms with Crippen molar-refractivity contribution in [3.63, 3.8) is 0 Å². The Kier molecular flexibility index (Phi) is 6.06. The van der Waals surface area contributed by atoms with Gasteiger partial charge in [0.05, 0.1) is 18.3 Å². The minimum absolute atomic E-state index is 0.0360. The number of amides is 1. The number of imidazole rings is 1. The smallest absolute Gasteiger partial charge is 0.254 e. The molecule has 3 fully saturated rings. The van der Waals surface area contributed by atoms with E-state index in [9.17, 15) is 18.7 Å². The zero-order chi connectivity index (χ0) is 30.4. The molecule has 3 aromatic carbocycles. The molecule has 3 unspecified atom stereocenters. The van der Waals surface area contributed by atoms with Gasteiger partial charge in [0, 0.05) is 42.6 Å². The topological polar surface area (TPSA) is 72.5 Å². The number of nitrogens with zero attached hydrogens (tertiary/aromatic N) is 4. The summed E-state index contributed by atoms with van der Waals surface area (Å²) in [6.45, 7) is 3.86. The van der Waals surface area contributed by atoms with Gasteiger partial charge in [-0.15, -0.1) is 0 Å². The second kappa shape index (κ2) is 9.81. The van der Waals surface area contributed by atoms with E-state index < -0.39 is 17.4 Å². The SMILES string of the molecule is COc1cc(C(=O)N2CC3CCC2C3C)cc2nc(-c3cc4ccc(-c5cc(F)c(O)c(F)c5)cc4n3CC3CC3)n(C)c12. The number of rotatable bonds is 6. The van der Waals surface area contributed by atoms with Gasteiger partial charge in [-0.2, -0.15) is 0 Å². The lowest BCUT2D eigenvalue weighted by atomic mass is 10.0. The standard InChI is InChI=1S/C35H34F2N4O3/c1-18-22-8-9-28(18)41(17-22)35(43)24-12-27-32(31(15-24)44-3)39(2)34(38-27)30-14-21-7-6-20(13-29(21)40(30)16-19-4-5-19)23-10-25(36)33(42)26(37)11-23/h6-7,10-15,18-19,22,28,42H,4-5,8-9,16-17H2,1-3H3. The van der Waals surface area contributed by atoms with Crippen molar-refractivity contribution in [3.8, 4) is 34.1 Å². The van der Waals surface area contributed by atoms with Crippen LogP contribution in [0.1, 0.15) is 43.0 Å². The number of carbonyl (C=O) groups is 1. The maximum Gasteiger partial charge on any atom is 0.254 e. The largest absolute Gasteiger partial charge is 0.503 e. The lowest BCUT2D eigenvalue weighted by Crippen LogP contribution is -2.38. The van der Waals surface area contributed by atoms with Gasteiger partial charge < -0.3 is 23.9 Å². The second-order valence-electron chi connectivity index (χ2n) is 12.9. The molecule has 5 aromatic rings. The summed E-state index contributed by atoms with van der Waals surface area (Å²) in [5.74, 6) is 0.0874. The Bertz CT molecular complexity index is 1970. The molecule has 2 saturated carbocycles. The Labute approximate surface area is 253 Å². The van der Waals surface area contributed by atoms with Crippen molar-refractivity contribution in [1.29, 1.82) is 0 Å². The third kappa shape index (κ3) is 4.12. The van der Waals surface area contributed by atoms with Crippen molar-refractivity contribution in [2.75, 3.05) is 13.7 Å². The van der Waals surface area contributed by atoms with Crippen LogP contribution in [-0.2, 0) is 13.6 Å². The molecule has 2 bridgehead atoms. The highest BCUT2D eigenvalue weighted by molar-refractivity contribution is 6.00. The number of hydrogen-bond acceptors (Lipinski definition) is 4. The molecule has 3 heterocycles. The normalized spacial score (nSPS) is 21.2. The Morgan fingerprint density at radius 3 is 2.45 bits per heavy atom. The van der Waals surface area contributed by atoms with Crippen molar-refractivity contribution in [1.82, 2.24) is 19.0 Å². The van der Waals surface area contributed by atoms with E-state index in [0.29, 0.717) is 51.8 Å². The number of hydrogen-bond donors (Lipinski definition) is 1. The van der Waals surface area contributed by atoms with Crippen LogP contribution in [0, 0.1) is 29.4 Å². The van der Waals surface area contributed by atoms with Crippen LogP contribution in [-0.4, -0.2) is 49.7 Å². The molecule has 3 atom stereocenters. The fraction of sp³-hybridized carbons (Fsp3) is 0.371. The summed E-state index contributed by atoms with van der Waals surface area (Å²) in [7, 11) is 3.58. The van der Waals surface area contributed by atoms with Crippen LogP contribution in [0.4, 0.5) is 8.78 Å². The molecule has 1 aliphatic heterocycles. The predicted molar refractivity (Wildman–Crippen MR) is 165 cm³/mol. The predicted octanol–water partition coefficient (Wildman–Crippen LogP) is 7.13. The van der Waals surface area contributed by atoms with Crippen LogP contribution in [0.5, 0.6) is 11.5 Å². The van der Waals surface area contributed by atoms with Gasteiger partial charge in [0.15, 0.2) is 23.2 Å². The molecule has 226 valence electrons. The maximum absolute atomic E-state index is 14.2. The molecule has 2 aromatic heterocycles. The number of phenolic OH excluding ortho intramolecular Hbond substituents is 1. The van der Waals surface area contributed by atoms with Crippen molar-refractivity contribution in [2.45, 2.75) is 45.2 Å². The quantitative estimate of drug-likeness (QED) is 0.226. The van der Waals surface area contributed by atoms with Gasteiger partial charge in [-0.1, -0.05) is 19.1 Å². The van der Waals surface area contributed by atoms with Crippen LogP contribution >= 0.6 is 0 Å². The molecule has 7 nitrogen and oxygen atoms in total. The number of aromatic nitrogens is 3. The zero-order valence-electron chi connectivity index (χ0n) is 25.0. The molecule has 3 aliphatic rings. The van der Waals surface area contributed by atoms with Gasteiger partial charge in [-0.05, 0) is 91.0 Å². The molecule has 1 saturated heterocycles. The number of piperidine rings is 1. The van der Waals surface area contributed by atoms with E-state index in [4.69, 9.17) is 9.72 Å². The van der Waals surface area contributed by atoms with Crippen LogP contribution in [0.2, 0.25) is 0 Å². The summed E-state index contributed by atoms with van der Waals surface area (Å²) in [6, 6.07) is 14.2. The van der Waals surface area contributed by atoms with E-state index in [-0.39, 0.29) is 5.91 Å². The van der Waals surface area contributed by atoms with Gasteiger partial charge in [0.1, 0.15) is 11.3 Å². The summed E-state index contributed by atoms with van der Waals surface area (Å²) in [5, 5.41) is 10.6. The summed E-state index contributed by atoms with van der Waals surface area (Å²) in [5.41, 5.74) is 4.96. The first-order valence-electron chi connectivity index (χ1n) is 15.4. The van der Waals surface area contributed by atoms with Gasteiger partial charge >= 0.3 is 0 Å². The van der Waals surface area contributed by atoms with Crippen molar-refractivity contribution in [3.05, 3.63) is 65.7 Å².